The normalized spacial score (nSPS) is 34.1. The molecule has 364 valence electrons. The number of likely N-dealkylation sites (N-methyl/N-ethyl adjacent to an activating group) is 1. The maximum absolute atomic E-state index is 14.7. The fourth-order valence-corrected chi connectivity index (χ4v) is 10.0. The molecule has 17 nitrogen and oxygen atoms in total. The summed E-state index contributed by atoms with van der Waals surface area (Å²) in [5.41, 5.74) is -1.17. The molecule has 3 aliphatic heterocycles. The van der Waals surface area contributed by atoms with Gasteiger partial charge in [0.05, 0.1) is 35.7 Å². The largest absolute Gasteiger partial charge is 0.461 e. The van der Waals surface area contributed by atoms with Gasteiger partial charge in [-0.05, 0) is 90.9 Å². The van der Waals surface area contributed by atoms with E-state index in [0.717, 1.165) is 16.5 Å². The molecule has 2 amide bonds. The number of fused-ring (bicyclic) bond motifs is 2. The van der Waals surface area contributed by atoms with Gasteiger partial charge < -0.3 is 49.1 Å². The maximum Gasteiger partial charge on any atom is 0.408 e. The molecule has 14 atom stereocenters. The second-order valence-corrected chi connectivity index (χ2v) is 19.0. The highest BCUT2D eigenvalue weighted by atomic mass is 16.7. The van der Waals surface area contributed by atoms with Gasteiger partial charge in [-0.3, -0.25) is 24.4 Å². The number of hydrogen-bond acceptors (Lipinski definition) is 15. The van der Waals surface area contributed by atoms with Crippen molar-refractivity contribution in [1.82, 2.24) is 25.5 Å². The van der Waals surface area contributed by atoms with Crippen LogP contribution in [0.3, 0.4) is 0 Å². The number of aliphatic hydroxyl groups is 1. The number of esters is 2. The number of aliphatic hydroxyl groups excluding tert-OH is 1. The first-order valence-electron chi connectivity index (χ1n) is 23.2. The van der Waals surface area contributed by atoms with Gasteiger partial charge in [-0.2, -0.15) is 0 Å². The number of nitrogens with zero attached hydrogens (tertiary/aromatic N) is 3. The van der Waals surface area contributed by atoms with Crippen LogP contribution < -0.4 is 10.6 Å². The molecule has 1 aromatic carbocycles. The van der Waals surface area contributed by atoms with Gasteiger partial charge in [0, 0.05) is 48.1 Å². The lowest BCUT2D eigenvalue weighted by Crippen LogP contribution is -2.61. The number of ether oxygens (including phenoxy) is 6. The Labute approximate surface area is 392 Å². The fourth-order valence-electron chi connectivity index (χ4n) is 10.0. The van der Waals surface area contributed by atoms with E-state index in [2.05, 4.69) is 20.6 Å². The molecule has 0 bridgehead atoms. The summed E-state index contributed by atoms with van der Waals surface area (Å²) in [6.45, 7) is 13.5. The number of rotatable bonds is 11. The molecular weight excluding hydrogens is 863 g/mol. The molecule has 0 unspecified atom stereocenters. The van der Waals surface area contributed by atoms with E-state index in [9.17, 15) is 29.1 Å². The molecule has 6 rings (SSSR count). The minimum atomic E-state index is -1.77. The van der Waals surface area contributed by atoms with Crippen molar-refractivity contribution in [3.8, 4) is 0 Å². The van der Waals surface area contributed by atoms with Gasteiger partial charge >= 0.3 is 24.1 Å². The summed E-state index contributed by atoms with van der Waals surface area (Å²) in [5.74, 6) is -5.80. The predicted octanol–water partition coefficient (Wildman–Crippen LogP) is 5.80. The summed E-state index contributed by atoms with van der Waals surface area (Å²) in [6.07, 6.45) is -1.12. The van der Waals surface area contributed by atoms with Crippen LogP contribution in [0.25, 0.3) is 17.0 Å². The van der Waals surface area contributed by atoms with E-state index in [4.69, 9.17) is 28.4 Å². The lowest BCUT2D eigenvalue weighted by molar-refractivity contribution is -0.298. The Morgan fingerprint density at radius 3 is 2.45 bits per heavy atom. The van der Waals surface area contributed by atoms with Crippen molar-refractivity contribution in [3.63, 3.8) is 0 Å². The number of Topliss-reactive ketones (excluding diaryl/α,β-unsaturated/α-hetero) is 1. The third-order valence-electron chi connectivity index (χ3n) is 13.6. The quantitative estimate of drug-likeness (QED) is 0.153. The summed E-state index contributed by atoms with van der Waals surface area (Å²) in [7, 11) is 3.67. The molecule has 3 N–H and O–H groups in total. The number of carbonyl (C=O) groups excluding carboxylic acids is 5. The lowest BCUT2D eigenvalue weighted by atomic mass is 9.73. The number of carbonyl (C=O) groups is 5. The van der Waals surface area contributed by atoms with Crippen molar-refractivity contribution in [1.29, 1.82) is 0 Å². The van der Waals surface area contributed by atoms with Crippen LogP contribution in [0, 0.1) is 23.7 Å². The molecule has 3 aliphatic rings. The summed E-state index contributed by atoms with van der Waals surface area (Å²) in [5, 5.41) is 18.4. The molecule has 67 heavy (non-hydrogen) atoms. The van der Waals surface area contributed by atoms with Gasteiger partial charge in [0.1, 0.15) is 35.8 Å². The zero-order chi connectivity index (χ0) is 48.8. The van der Waals surface area contributed by atoms with E-state index < -0.39 is 102 Å². The molecule has 0 spiro atoms. The zero-order valence-corrected chi connectivity index (χ0v) is 40.2. The summed E-state index contributed by atoms with van der Waals surface area (Å²) < 4.78 is 38.0. The highest BCUT2D eigenvalue weighted by Gasteiger charge is 2.58. The van der Waals surface area contributed by atoms with Crippen LogP contribution >= 0.6 is 0 Å². The summed E-state index contributed by atoms with van der Waals surface area (Å²) >= 11 is 0. The molecule has 0 radical (unpaired) electrons. The van der Waals surface area contributed by atoms with Crippen molar-refractivity contribution in [2.75, 3.05) is 20.6 Å². The molecule has 3 fully saturated rings. The van der Waals surface area contributed by atoms with Gasteiger partial charge in [-0.15, -0.1) is 0 Å². The first-order chi connectivity index (χ1) is 31.7. The van der Waals surface area contributed by atoms with Crippen molar-refractivity contribution in [2.45, 2.75) is 141 Å². The number of aromatic nitrogens is 2. The Morgan fingerprint density at radius 1 is 1.01 bits per heavy atom. The highest BCUT2D eigenvalue weighted by Crippen LogP contribution is 2.42. The number of benzene rings is 1. The first kappa shape index (κ1) is 50.9. The van der Waals surface area contributed by atoms with Gasteiger partial charge in [-0.1, -0.05) is 64.1 Å². The number of cyclic esters (lactones) is 1. The van der Waals surface area contributed by atoms with E-state index in [0.29, 0.717) is 12.1 Å². The van der Waals surface area contributed by atoms with E-state index in [1.54, 1.807) is 85.1 Å². The van der Waals surface area contributed by atoms with E-state index >= 15 is 0 Å². The number of hydrogen-bond donors (Lipinski definition) is 3. The minimum absolute atomic E-state index is 0.0377. The smallest absolute Gasteiger partial charge is 0.408 e. The van der Waals surface area contributed by atoms with Crippen LogP contribution in [0.2, 0.25) is 0 Å². The van der Waals surface area contributed by atoms with Crippen LogP contribution in [-0.4, -0.2) is 131 Å². The molecule has 0 saturated carbocycles. The number of amides is 2. The lowest BCUT2D eigenvalue weighted by Gasteiger charge is -2.48. The number of nitrogens with one attached hydrogen (secondary N) is 2. The number of ketones is 1. The molecule has 5 heterocycles. The molecule has 2 aromatic heterocycles. The summed E-state index contributed by atoms with van der Waals surface area (Å²) in [4.78, 5) is 81.1. The van der Waals surface area contributed by atoms with Gasteiger partial charge in [-0.25, -0.2) is 9.59 Å². The Kier molecular flexibility index (Phi) is 16.4. The third-order valence-corrected chi connectivity index (χ3v) is 13.6. The monoisotopic (exact) mass is 929 g/mol. The highest BCUT2D eigenvalue weighted by molar-refractivity contribution is 5.85. The Morgan fingerprint density at radius 2 is 1.75 bits per heavy atom. The van der Waals surface area contributed by atoms with Crippen LogP contribution in [0.5, 0.6) is 0 Å². The van der Waals surface area contributed by atoms with Crippen LogP contribution in [-0.2, 0) is 49.2 Å². The van der Waals surface area contributed by atoms with Crippen molar-refractivity contribution < 1.29 is 57.5 Å². The molecular formula is C50H67N5O12. The topological polar surface area (TPSA) is 214 Å². The standard InChI is InChI=1S/C50H67N5O12/c1-11-38-50(8)43(54-48(61)67-50)30(4)40(57)28(2)26-49(7,66-47(60)52-22-16-17-33-24-34-18-12-13-20-36(34)53-27-33)44(65-46-41(58)37(55(9)10)23-29(3)62-46)31(5)42(32(6)45(59)63-38)64-39(56)25-35-19-14-15-21-51-35/h12-21,24,27-32,37-38,41-44,46,58H,11,22-23,25-26H2,1-10H3,(H,52,60)(H,54,61)/b17-16+/t28-,29-,30+,31+,32-,37+,38-,41-,42+,43-,44-,46+,49-,50-/m1/s1. The van der Waals surface area contributed by atoms with Crippen LogP contribution in [0.1, 0.15) is 85.9 Å². The van der Waals surface area contributed by atoms with Crippen molar-refractivity contribution in [3.05, 3.63) is 78.3 Å². The van der Waals surface area contributed by atoms with Crippen molar-refractivity contribution in [2.24, 2.45) is 23.7 Å². The Hall–Kier alpha value is -5.49. The molecule has 3 saturated heterocycles. The zero-order valence-electron chi connectivity index (χ0n) is 40.2. The number of alkyl carbamates (subject to hydrolysis) is 2. The number of para-hydroxylation sites is 1. The van der Waals surface area contributed by atoms with Crippen LogP contribution in [0.4, 0.5) is 9.59 Å². The Bertz CT molecular complexity index is 2260. The molecule has 3 aromatic rings. The van der Waals surface area contributed by atoms with E-state index in [-0.39, 0.29) is 37.7 Å². The average Bonchev–Trinajstić information content (AvgIpc) is 3.61. The molecule has 17 heteroatoms. The van der Waals surface area contributed by atoms with Crippen molar-refractivity contribution >= 4 is 46.9 Å². The number of pyridine rings is 2. The van der Waals surface area contributed by atoms with Gasteiger partial charge in [0.2, 0.25) is 0 Å². The molecule has 0 aliphatic carbocycles. The predicted molar refractivity (Wildman–Crippen MR) is 247 cm³/mol. The third kappa shape index (κ3) is 11.8. The fraction of sp³-hybridized carbons (Fsp3) is 0.580. The maximum atomic E-state index is 14.7. The van der Waals surface area contributed by atoms with Crippen LogP contribution in [0.15, 0.2) is 67.0 Å². The first-order valence-corrected chi connectivity index (χ1v) is 23.2. The average molecular weight is 930 g/mol. The van der Waals surface area contributed by atoms with Gasteiger partial charge in [0.15, 0.2) is 11.9 Å². The SMILES string of the molecule is CC[C@H]1OC(=O)[C@H](C)[C@@H](OC(=O)Cc2ccccn2)[C@H](C)[C@@H](O[C@@H]2O[C@H](C)C[C@H](N(C)C)[C@H]2O)[C@](C)(OC(=O)NC/C=C/c2cnc3ccccc3c2)C[C@@H](C)C(=O)[C@H](C)[C@H]2NC(=O)O[C@@]21C. The Balaban J connectivity index is 1.42. The second-order valence-electron chi connectivity index (χ2n) is 19.0. The minimum Gasteiger partial charge on any atom is -0.461 e. The second kappa shape index (κ2) is 21.6. The van der Waals surface area contributed by atoms with E-state index in [1.165, 1.54) is 0 Å². The summed E-state index contributed by atoms with van der Waals surface area (Å²) in [6, 6.07) is 13.5. The van der Waals surface area contributed by atoms with Gasteiger partial charge in [0.25, 0.3) is 0 Å². The van der Waals surface area contributed by atoms with E-state index in [1.807, 2.05) is 62.3 Å².